The van der Waals surface area contributed by atoms with Crippen molar-refractivity contribution in [2.75, 3.05) is 0 Å². The molecule has 0 radical (unpaired) electrons. The number of amides is 2. The number of nitrogens with one attached hydrogen (secondary N) is 2. The van der Waals surface area contributed by atoms with Gasteiger partial charge >= 0.3 is 6.03 Å². The van der Waals surface area contributed by atoms with Gasteiger partial charge in [0.05, 0.1) is 4.91 Å². The van der Waals surface area contributed by atoms with Crippen LogP contribution in [-0.4, -0.2) is 20.5 Å². The Bertz CT molecular complexity index is 590. The van der Waals surface area contributed by atoms with Crippen LogP contribution in [0.2, 0.25) is 0 Å². The van der Waals surface area contributed by atoms with E-state index in [2.05, 4.69) is 5.32 Å². The maximum absolute atomic E-state index is 11.9. The first-order valence-corrected chi connectivity index (χ1v) is 7.52. The Morgan fingerprint density at radius 2 is 1.89 bits per heavy atom. The van der Waals surface area contributed by atoms with Crippen molar-refractivity contribution in [1.29, 1.82) is 0 Å². The number of carbonyl (C=O) groups excluding carboxylic acids is 1. The fraction of sp³-hybridized carbons (Fsp3) is 0.308. The molecule has 19 heavy (non-hydrogen) atoms. The van der Waals surface area contributed by atoms with Crippen molar-refractivity contribution < 1.29 is 13.2 Å². The first kappa shape index (κ1) is 13.6. The Morgan fingerprint density at radius 1 is 1.26 bits per heavy atom. The van der Waals surface area contributed by atoms with Crippen LogP contribution in [0.3, 0.4) is 0 Å². The number of urea groups is 1. The van der Waals surface area contributed by atoms with Gasteiger partial charge in [0.1, 0.15) is 0 Å². The fourth-order valence-electron chi connectivity index (χ4n) is 1.51. The zero-order valence-electron chi connectivity index (χ0n) is 10.6. The van der Waals surface area contributed by atoms with Gasteiger partial charge in [-0.25, -0.2) is 17.9 Å². The second-order valence-corrected chi connectivity index (χ2v) is 6.37. The number of carbonyl (C=O) groups is 1. The van der Waals surface area contributed by atoms with Gasteiger partial charge in [0.15, 0.2) is 0 Å². The normalized spacial score (nSPS) is 15.9. The van der Waals surface area contributed by atoms with E-state index in [1.807, 2.05) is 22.9 Å². The molecule has 6 heteroatoms. The second-order valence-electron chi connectivity index (χ2n) is 4.52. The minimum Gasteiger partial charge on any atom is -0.335 e. The van der Waals surface area contributed by atoms with E-state index in [9.17, 15) is 13.2 Å². The van der Waals surface area contributed by atoms with Gasteiger partial charge in [0.2, 0.25) is 0 Å². The van der Waals surface area contributed by atoms with Crippen LogP contribution in [0.25, 0.3) is 6.08 Å². The summed E-state index contributed by atoms with van der Waals surface area (Å²) in [5, 5.41) is 2.57. The smallest absolute Gasteiger partial charge is 0.328 e. The van der Waals surface area contributed by atoms with Crippen LogP contribution in [0.15, 0.2) is 35.2 Å². The molecule has 0 unspecified atom stereocenters. The van der Waals surface area contributed by atoms with Crippen LogP contribution >= 0.6 is 0 Å². The van der Waals surface area contributed by atoms with Crippen molar-refractivity contribution in [3.63, 3.8) is 0 Å². The molecule has 1 aromatic carbocycles. The molecule has 1 aliphatic carbocycles. The van der Waals surface area contributed by atoms with Gasteiger partial charge in [-0.15, -0.1) is 0 Å². The summed E-state index contributed by atoms with van der Waals surface area (Å²) in [7, 11) is -3.78. The molecule has 2 amide bonds. The molecular formula is C13H16N2O3S. The molecule has 0 bridgehead atoms. The Labute approximate surface area is 112 Å². The van der Waals surface area contributed by atoms with Gasteiger partial charge in [0.25, 0.3) is 10.0 Å². The molecule has 1 aromatic rings. The standard InChI is InChI=1S/C13H16N2O3S/c1-10(9-11-5-3-2-4-6-11)19(17,18)15-13(16)14-12-7-8-12/h2-6,9,12H,7-8H2,1H3,(H2,14,15,16)/b10-9+. The first-order chi connectivity index (χ1) is 8.97. The van der Waals surface area contributed by atoms with E-state index in [0.717, 1.165) is 18.4 Å². The van der Waals surface area contributed by atoms with Crippen LogP contribution in [0.4, 0.5) is 4.79 Å². The first-order valence-electron chi connectivity index (χ1n) is 6.04. The summed E-state index contributed by atoms with van der Waals surface area (Å²) in [4.78, 5) is 11.5. The predicted octanol–water partition coefficient (Wildman–Crippen LogP) is 1.84. The maximum atomic E-state index is 11.9. The lowest BCUT2D eigenvalue weighted by Crippen LogP contribution is -2.40. The number of hydrogen-bond donors (Lipinski definition) is 2. The Balaban J connectivity index is 2.05. The summed E-state index contributed by atoms with van der Waals surface area (Å²) in [5.41, 5.74) is 0.771. The summed E-state index contributed by atoms with van der Waals surface area (Å²) in [6, 6.07) is 8.53. The van der Waals surface area contributed by atoms with Crippen molar-refractivity contribution in [3.05, 3.63) is 40.8 Å². The molecule has 0 aromatic heterocycles. The van der Waals surface area contributed by atoms with E-state index in [4.69, 9.17) is 0 Å². The third-order valence-electron chi connectivity index (χ3n) is 2.73. The lowest BCUT2D eigenvalue weighted by molar-refractivity contribution is 0.245. The topological polar surface area (TPSA) is 75.3 Å². The molecule has 1 fully saturated rings. The molecule has 102 valence electrons. The molecule has 0 atom stereocenters. The van der Waals surface area contributed by atoms with Crippen LogP contribution in [0.5, 0.6) is 0 Å². The van der Waals surface area contributed by atoms with Crippen molar-refractivity contribution >= 4 is 22.1 Å². The summed E-state index contributed by atoms with van der Waals surface area (Å²) in [6.45, 7) is 1.46. The average Bonchev–Trinajstić information content (AvgIpc) is 3.13. The quantitative estimate of drug-likeness (QED) is 0.883. The van der Waals surface area contributed by atoms with Crippen LogP contribution < -0.4 is 10.0 Å². The van der Waals surface area contributed by atoms with Crippen LogP contribution in [0.1, 0.15) is 25.3 Å². The highest BCUT2D eigenvalue weighted by molar-refractivity contribution is 7.94. The van der Waals surface area contributed by atoms with Gasteiger partial charge in [-0.05, 0) is 31.4 Å². The highest BCUT2D eigenvalue weighted by atomic mass is 32.2. The second kappa shape index (κ2) is 5.44. The lowest BCUT2D eigenvalue weighted by atomic mass is 10.2. The molecule has 5 nitrogen and oxygen atoms in total. The molecule has 2 N–H and O–H groups in total. The lowest BCUT2D eigenvalue weighted by Gasteiger charge is -2.08. The van der Waals surface area contributed by atoms with Crippen molar-refractivity contribution in [2.24, 2.45) is 0 Å². The van der Waals surface area contributed by atoms with Gasteiger partial charge in [-0.3, -0.25) is 0 Å². The summed E-state index contributed by atoms with van der Waals surface area (Å²) < 4.78 is 25.8. The SMILES string of the molecule is C/C(=C\c1ccccc1)S(=O)(=O)NC(=O)NC1CC1. The van der Waals surface area contributed by atoms with Crippen molar-refractivity contribution in [3.8, 4) is 0 Å². The molecule has 0 spiro atoms. The molecule has 0 aliphatic heterocycles. The van der Waals surface area contributed by atoms with Crippen LogP contribution in [0, 0.1) is 0 Å². The van der Waals surface area contributed by atoms with Gasteiger partial charge in [-0.1, -0.05) is 30.3 Å². The number of allylic oxidation sites excluding steroid dienone is 1. The monoisotopic (exact) mass is 280 g/mol. The highest BCUT2D eigenvalue weighted by Crippen LogP contribution is 2.18. The fourth-order valence-corrected chi connectivity index (χ4v) is 2.26. The molecule has 0 saturated heterocycles. The maximum Gasteiger partial charge on any atom is 0.328 e. The van der Waals surface area contributed by atoms with E-state index < -0.39 is 16.1 Å². The number of sulfonamides is 1. The van der Waals surface area contributed by atoms with Gasteiger partial charge in [0, 0.05) is 6.04 Å². The molecule has 1 aliphatic rings. The predicted molar refractivity (Wildman–Crippen MR) is 73.7 cm³/mol. The Kier molecular flexibility index (Phi) is 3.90. The number of benzene rings is 1. The minimum atomic E-state index is -3.78. The summed E-state index contributed by atoms with van der Waals surface area (Å²) >= 11 is 0. The summed E-state index contributed by atoms with van der Waals surface area (Å²) in [6.07, 6.45) is 3.34. The van der Waals surface area contributed by atoms with Crippen molar-refractivity contribution in [2.45, 2.75) is 25.8 Å². The Morgan fingerprint density at radius 3 is 2.47 bits per heavy atom. The van der Waals surface area contributed by atoms with E-state index >= 15 is 0 Å². The zero-order valence-corrected chi connectivity index (χ0v) is 11.4. The highest BCUT2D eigenvalue weighted by Gasteiger charge is 2.25. The largest absolute Gasteiger partial charge is 0.335 e. The molecule has 0 heterocycles. The van der Waals surface area contributed by atoms with Crippen molar-refractivity contribution in [1.82, 2.24) is 10.0 Å². The van der Waals surface area contributed by atoms with Gasteiger partial charge in [-0.2, -0.15) is 0 Å². The number of hydrogen-bond acceptors (Lipinski definition) is 3. The van der Waals surface area contributed by atoms with E-state index in [0.29, 0.717) is 0 Å². The van der Waals surface area contributed by atoms with E-state index in [-0.39, 0.29) is 10.9 Å². The Hall–Kier alpha value is -1.82. The molecular weight excluding hydrogens is 264 g/mol. The van der Waals surface area contributed by atoms with Crippen LogP contribution in [-0.2, 0) is 10.0 Å². The van der Waals surface area contributed by atoms with Gasteiger partial charge < -0.3 is 5.32 Å². The zero-order chi connectivity index (χ0) is 13.9. The molecule has 1 saturated carbocycles. The minimum absolute atomic E-state index is 0.102. The van der Waals surface area contributed by atoms with E-state index in [1.54, 1.807) is 12.1 Å². The average molecular weight is 280 g/mol. The third-order valence-corrected chi connectivity index (χ3v) is 4.15. The molecule has 2 rings (SSSR count). The third kappa shape index (κ3) is 4.10. The van der Waals surface area contributed by atoms with E-state index in [1.165, 1.54) is 13.0 Å². The number of rotatable bonds is 4. The summed E-state index contributed by atoms with van der Waals surface area (Å²) in [5.74, 6) is 0.